The molecule has 0 spiro atoms. The highest BCUT2D eigenvalue weighted by Crippen LogP contribution is 2.40. The molecule has 0 fully saturated rings. The summed E-state index contributed by atoms with van der Waals surface area (Å²) in [5.41, 5.74) is 23.9. The van der Waals surface area contributed by atoms with Gasteiger partial charge < -0.3 is 41.1 Å². The van der Waals surface area contributed by atoms with Crippen LogP contribution in [0, 0.1) is 40.4 Å². The molecule has 5 aromatic heterocycles. The largest absolute Gasteiger partial charge is 0.399 e. The number of aliphatic hydroxyl groups excluding tert-OH is 1. The van der Waals surface area contributed by atoms with Crippen LogP contribution in [0.1, 0.15) is 143 Å². The second kappa shape index (κ2) is 42.6. The molecule has 0 bridgehead atoms. The number of hydrogen-bond donors (Lipinski definition) is 3. The minimum atomic E-state index is -2.78. The van der Waals surface area contributed by atoms with Crippen molar-refractivity contribution in [2.45, 2.75) is 84.4 Å². The Balaban J connectivity index is 0.000000125. The van der Waals surface area contributed by atoms with Gasteiger partial charge in [-0.25, -0.2) is 40.1 Å². The van der Waals surface area contributed by atoms with Crippen molar-refractivity contribution in [3.63, 3.8) is 0 Å². The van der Waals surface area contributed by atoms with Gasteiger partial charge in [0.25, 0.3) is 36.0 Å². The molecule has 0 unspecified atom stereocenters. The van der Waals surface area contributed by atoms with E-state index >= 15 is 0 Å². The van der Waals surface area contributed by atoms with E-state index in [0.29, 0.717) is 104 Å². The quantitative estimate of drug-likeness (QED) is 0.0635. The van der Waals surface area contributed by atoms with E-state index < -0.39 is 53.2 Å². The summed E-state index contributed by atoms with van der Waals surface area (Å²) in [6, 6.07) is 70.5. The highest BCUT2D eigenvalue weighted by atomic mass is 35.5. The molecule has 5 aliphatic rings. The minimum absolute atomic E-state index is 0.0108. The second-order valence-electron chi connectivity index (χ2n) is 32.2. The van der Waals surface area contributed by atoms with Crippen molar-refractivity contribution >= 4 is 133 Å². The maximum atomic E-state index is 14.4. The third-order valence-electron chi connectivity index (χ3n) is 23.7. The van der Waals surface area contributed by atoms with E-state index in [1.54, 1.807) is 68.6 Å². The van der Waals surface area contributed by atoms with Crippen LogP contribution in [0.2, 0.25) is 30.3 Å². The van der Waals surface area contributed by atoms with Crippen molar-refractivity contribution in [1.82, 2.24) is 48.9 Å². The number of carbonyl (C=O) groups excluding carboxylic acids is 5. The summed E-state index contributed by atoms with van der Waals surface area (Å²) in [6.07, 6.45) is -0.689. The molecular formula is C101H81Cl6F7N18O6. The maximum absolute atomic E-state index is 14.4. The van der Waals surface area contributed by atoms with Gasteiger partial charge >= 0.3 is 0 Å². The number of fused-ring (bicyclic) bond motifs is 5. The SMILES string of the molecule is C=C(N)c1cccc(Cn2nc3c(c2Cl)CCN(c2cccc(Cl)c2F)C3=O)c1.N#Cc1c2c(nn1Cc1ccccc1)C(=O)N(c1cccc(Cl)c1F)CC2.NCc1c2c(nn1Cc1ccccc1)C(=O)N(c1cccc(Cl)c1F)CC2.O=C1c2nn(Cc3ccccc3)c(C(F)F)c2CCN1c1cccc(Cl)c1F.O=C1c2nn(Cc3ccccc3)c(CO)c2CCN1c1cccc(Cl)c1F. The molecule has 138 heavy (non-hydrogen) atoms. The number of nitriles is 1. The summed E-state index contributed by atoms with van der Waals surface area (Å²) in [6.45, 7) is 6.93. The van der Waals surface area contributed by atoms with Crippen molar-refractivity contribution in [3.05, 3.63) is 415 Å². The Bertz CT molecular complexity index is 7060. The summed E-state index contributed by atoms with van der Waals surface area (Å²) in [5, 5.41) is 41.5. The number of halogens is 13. The zero-order chi connectivity index (χ0) is 97.4. The summed E-state index contributed by atoms with van der Waals surface area (Å²) in [4.78, 5) is 71.5. The fourth-order valence-electron chi connectivity index (χ4n) is 17.0. The fraction of sp³-hybridized carbons (Fsp3) is 0.178. The van der Waals surface area contributed by atoms with Crippen LogP contribution in [0.5, 0.6) is 0 Å². The number of nitrogens with zero attached hydrogens (tertiary/aromatic N) is 16. The summed E-state index contributed by atoms with van der Waals surface area (Å²) < 4.78 is 107. The third-order valence-corrected chi connectivity index (χ3v) is 25.6. The molecule has 15 aromatic rings. The first-order valence-electron chi connectivity index (χ1n) is 43.2. The number of nitrogens with two attached hydrogens (primary N) is 2. The maximum Gasteiger partial charge on any atom is 0.280 e. The Morgan fingerprint density at radius 1 is 0.370 bits per heavy atom. The Kier molecular flexibility index (Phi) is 29.9. The summed E-state index contributed by atoms with van der Waals surface area (Å²) in [5.74, 6) is -5.39. The average Bonchev–Trinajstić information content (AvgIpc) is 1.61. The van der Waals surface area contributed by atoms with Gasteiger partial charge in [0.2, 0.25) is 0 Å². The summed E-state index contributed by atoms with van der Waals surface area (Å²) in [7, 11) is 0. The van der Waals surface area contributed by atoms with Gasteiger partial charge in [0.05, 0.1) is 104 Å². The minimum Gasteiger partial charge on any atom is -0.399 e. The molecule has 10 aromatic carbocycles. The second-order valence-corrected chi connectivity index (χ2v) is 34.6. The van der Waals surface area contributed by atoms with Gasteiger partial charge in [-0.2, -0.15) is 30.8 Å². The Hall–Kier alpha value is -14.2. The lowest BCUT2D eigenvalue weighted by Crippen LogP contribution is -2.38. The molecule has 702 valence electrons. The predicted octanol–water partition coefficient (Wildman–Crippen LogP) is 20.0. The first-order valence-corrected chi connectivity index (χ1v) is 45.5. The van der Waals surface area contributed by atoms with Gasteiger partial charge in [0.1, 0.15) is 22.6 Å². The van der Waals surface area contributed by atoms with Crippen molar-refractivity contribution in [2.24, 2.45) is 11.5 Å². The molecule has 0 atom stereocenters. The number of aromatic nitrogens is 10. The van der Waals surface area contributed by atoms with Gasteiger partial charge in [-0.05, 0) is 132 Å². The number of carbonyl (C=O) groups is 5. The van der Waals surface area contributed by atoms with E-state index in [2.05, 4.69) is 38.1 Å². The fourth-order valence-corrected chi connectivity index (χ4v) is 18.1. The molecule has 5 N–H and O–H groups in total. The van der Waals surface area contributed by atoms with E-state index in [9.17, 15) is 65.1 Å². The van der Waals surface area contributed by atoms with E-state index in [-0.39, 0.29) is 145 Å². The topological polar surface area (TPSA) is 287 Å². The molecule has 5 amide bonds. The first-order chi connectivity index (χ1) is 66.6. The lowest BCUT2D eigenvalue weighted by atomic mass is 10.0. The molecular weight excluding hydrogens is 1910 g/mol. The van der Waals surface area contributed by atoms with E-state index in [4.69, 9.17) is 81.1 Å². The Morgan fingerprint density at radius 2 is 0.652 bits per heavy atom. The van der Waals surface area contributed by atoms with Crippen LogP contribution in [0.15, 0.2) is 243 Å². The number of aliphatic hydroxyl groups is 1. The molecule has 0 saturated carbocycles. The van der Waals surface area contributed by atoms with Gasteiger partial charge in [0.15, 0.2) is 57.6 Å². The lowest BCUT2D eigenvalue weighted by Gasteiger charge is -2.27. The predicted molar refractivity (Wildman–Crippen MR) is 515 cm³/mol. The van der Waals surface area contributed by atoms with Crippen LogP contribution >= 0.6 is 69.6 Å². The molecule has 0 saturated heterocycles. The van der Waals surface area contributed by atoms with Crippen molar-refractivity contribution in [2.75, 3.05) is 57.2 Å². The van der Waals surface area contributed by atoms with Crippen LogP contribution in [-0.4, -0.2) is 116 Å². The number of amides is 5. The zero-order valence-corrected chi connectivity index (χ0v) is 77.6. The standard InChI is InChI=1S/C21H17Cl2FN4O.C20H15ClF3N3O.C20H18ClFN4O.C20H14ClFN4O.C20H17ClFN3O2/c1-12(25)14-5-2-4-13(10-14)11-28-20(23)15-8-9-27(21(29)19(15)26-28)17-7-3-6-16(22)18(17)24;21-14-7-4-8-15(16(14)22)26-10-9-13-17(20(26)28)25-27(18(13)19(23)24)11-12-5-2-1-3-6-12;2*21-15-7-4-8-16(18(15)22)25-10-9-14-17(11-23)26(24-19(14)20(25)27)12-13-5-2-1-3-6-13;21-15-7-4-8-16(18(15)22)24-10-9-14-17(12-26)25(23-19(14)20(24)27)11-13-5-2-1-3-6-13/h2-7,10H,1,8-9,11,25H2;1-8,19H,9-11H2;1-8H,9-12,23H2;1-8H,9-10,12H2;1-8,26H,9-12H2. The number of alkyl halides is 2. The average molecular weight is 1990 g/mol. The molecule has 5 aliphatic heterocycles. The van der Waals surface area contributed by atoms with E-state index in [1.807, 2.05) is 121 Å². The smallest absolute Gasteiger partial charge is 0.280 e. The molecule has 0 aliphatic carbocycles. The summed E-state index contributed by atoms with van der Waals surface area (Å²) >= 11 is 35.8. The van der Waals surface area contributed by atoms with Crippen molar-refractivity contribution in [3.8, 4) is 6.07 Å². The molecule has 24 nitrogen and oxygen atoms in total. The van der Waals surface area contributed by atoms with Crippen LogP contribution in [0.3, 0.4) is 0 Å². The first kappa shape index (κ1) is 96.9. The molecule has 37 heteroatoms. The molecule has 10 heterocycles. The van der Waals surface area contributed by atoms with E-state index in [0.717, 1.165) is 50.2 Å². The van der Waals surface area contributed by atoms with Crippen molar-refractivity contribution < 1.29 is 59.8 Å². The number of hydrogen-bond acceptors (Lipinski definition) is 14. The van der Waals surface area contributed by atoms with Gasteiger partial charge in [-0.3, -0.25) is 38.0 Å². The Morgan fingerprint density at radius 3 is 1.01 bits per heavy atom. The highest BCUT2D eigenvalue weighted by molar-refractivity contribution is 6.33. The van der Waals surface area contributed by atoms with Gasteiger partial charge in [0, 0.05) is 72.8 Å². The number of rotatable bonds is 19. The molecule has 20 rings (SSSR count). The lowest BCUT2D eigenvalue weighted by molar-refractivity contribution is 0.0966. The van der Waals surface area contributed by atoms with Crippen LogP contribution in [0.25, 0.3) is 5.70 Å². The van der Waals surface area contributed by atoms with Gasteiger partial charge in [-0.15, -0.1) is 0 Å². The highest BCUT2D eigenvalue weighted by Gasteiger charge is 2.41. The van der Waals surface area contributed by atoms with Crippen LogP contribution in [-0.2, 0) is 78.0 Å². The van der Waals surface area contributed by atoms with Crippen molar-refractivity contribution in [1.29, 1.82) is 5.26 Å². The van der Waals surface area contributed by atoms with Gasteiger partial charge in [-0.1, -0.05) is 246 Å². The van der Waals surface area contributed by atoms with Crippen LogP contribution in [0.4, 0.5) is 59.2 Å². The monoisotopic (exact) mass is 1980 g/mol. The molecule has 0 radical (unpaired) electrons. The normalized spacial score (nSPS) is 13.6. The third kappa shape index (κ3) is 20.2. The number of benzene rings is 10. The number of anilines is 5. The zero-order valence-electron chi connectivity index (χ0n) is 73.0. The van der Waals surface area contributed by atoms with E-state index in [1.165, 1.54) is 94.5 Å². The van der Waals surface area contributed by atoms with Crippen LogP contribution < -0.4 is 36.0 Å². The Labute approximate surface area is 816 Å².